The van der Waals surface area contributed by atoms with E-state index >= 15 is 0 Å². The van der Waals surface area contributed by atoms with Gasteiger partial charge in [0.25, 0.3) is 5.69 Å². The summed E-state index contributed by atoms with van der Waals surface area (Å²) in [5.74, 6) is 0. The molecule has 0 aromatic heterocycles. The van der Waals surface area contributed by atoms with Crippen LogP contribution in [-0.4, -0.2) is 4.92 Å². The smallest absolute Gasteiger partial charge is 0.258 e. The molecule has 0 fully saturated rings. The molecule has 0 unspecified atom stereocenters. The summed E-state index contributed by atoms with van der Waals surface area (Å²) in [6.45, 7) is 10.0. The van der Waals surface area contributed by atoms with Gasteiger partial charge in [0.1, 0.15) is 0 Å². The van der Waals surface area contributed by atoms with Crippen molar-refractivity contribution >= 4 is 17.3 Å². The molecule has 0 saturated heterocycles. The second kappa shape index (κ2) is 5.85. The van der Waals surface area contributed by atoms with E-state index in [0.29, 0.717) is 5.02 Å². The highest BCUT2D eigenvalue weighted by molar-refractivity contribution is 6.31. The molecule has 0 amide bonds. The van der Waals surface area contributed by atoms with E-state index in [1.807, 2.05) is 34.6 Å². The summed E-state index contributed by atoms with van der Waals surface area (Å²) in [4.78, 5) is 10.0. The fourth-order valence-electron chi connectivity index (χ4n) is 1.23. The molecule has 1 aromatic carbocycles. The van der Waals surface area contributed by atoms with Crippen LogP contribution in [0.3, 0.4) is 0 Å². The molecular weight excluding hydrogens is 226 g/mol. The molecule has 0 bridgehead atoms. The highest BCUT2D eigenvalue weighted by atomic mass is 35.5. The van der Waals surface area contributed by atoms with Crippen molar-refractivity contribution in [2.75, 3.05) is 0 Å². The largest absolute Gasteiger partial charge is 0.270 e. The lowest BCUT2D eigenvalue weighted by molar-refractivity contribution is -0.384. The summed E-state index contributed by atoms with van der Waals surface area (Å²) in [7, 11) is 0. The van der Waals surface area contributed by atoms with Crippen LogP contribution < -0.4 is 0 Å². The minimum absolute atomic E-state index is 0.0306. The lowest BCUT2D eigenvalue weighted by Gasteiger charge is -2.19. The van der Waals surface area contributed by atoms with Crippen molar-refractivity contribution in [3.8, 4) is 0 Å². The van der Waals surface area contributed by atoms with Gasteiger partial charge < -0.3 is 0 Å². The Morgan fingerprint density at radius 2 is 1.75 bits per heavy atom. The molecule has 4 heteroatoms. The Kier molecular flexibility index (Phi) is 5.45. The van der Waals surface area contributed by atoms with Gasteiger partial charge in [0.2, 0.25) is 0 Å². The second-order valence-corrected chi connectivity index (χ2v) is 4.58. The van der Waals surface area contributed by atoms with Crippen LogP contribution in [0.4, 0.5) is 5.69 Å². The third kappa shape index (κ3) is 3.81. The topological polar surface area (TPSA) is 43.1 Å². The summed E-state index contributed by atoms with van der Waals surface area (Å²) < 4.78 is 0. The molecule has 0 radical (unpaired) electrons. The Hall–Kier alpha value is -1.09. The number of hydrogen-bond donors (Lipinski definition) is 0. The van der Waals surface area contributed by atoms with Gasteiger partial charge in [0, 0.05) is 12.1 Å². The maximum absolute atomic E-state index is 10.5. The van der Waals surface area contributed by atoms with Crippen LogP contribution >= 0.6 is 11.6 Å². The van der Waals surface area contributed by atoms with Crippen molar-refractivity contribution in [2.24, 2.45) is 0 Å². The molecule has 0 atom stereocenters. The van der Waals surface area contributed by atoms with Crippen LogP contribution in [-0.2, 0) is 5.41 Å². The van der Waals surface area contributed by atoms with Gasteiger partial charge in [-0.25, -0.2) is 0 Å². The average molecular weight is 244 g/mol. The van der Waals surface area contributed by atoms with Gasteiger partial charge in [-0.05, 0) is 11.0 Å². The highest BCUT2D eigenvalue weighted by Crippen LogP contribution is 2.31. The van der Waals surface area contributed by atoms with Crippen molar-refractivity contribution in [3.05, 3.63) is 38.9 Å². The Labute approximate surface area is 102 Å². The third-order valence-electron chi connectivity index (χ3n) is 1.97. The molecule has 0 spiro atoms. The van der Waals surface area contributed by atoms with E-state index in [-0.39, 0.29) is 11.1 Å². The van der Waals surface area contributed by atoms with Gasteiger partial charge in [-0.15, -0.1) is 0 Å². The standard InChI is InChI=1S/C10H12ClNO2.C2H6/c1-10(2,3)8-5-4-7(12(13)14)6-9(8)11;1-2/h4-6H,1-3H3;1-2H3. The van der Waals surface area contributed by atoms with Gasteiger partial charge in [-0.3, -0.25) is 10.1 Å². The Morgan fingerprint density at radius 1 is 1.25 bits per heavy atom. The first-order valence-corrected chi connectivity index (χ1v) is 5.64. The fourth-order valence-corrected chi connectivity index (χ4v) is 1.68. The molecule has 16 heavy (non-hydrogen) atoms. The van der Waals surface area contributed by atoms with E-state index in [4.69, 9.17) is 11.6 Å². The quantitative estimate of drug-likeness (QED) is 0.536. The molecule has 0 saturated carbocycles. The zero-order chi connectivity index (χ0) is 12.9. The normalized spacial score (nSPS) is 10.4. The molecule has 0 aliphatic heterocycles. The minimum Gasteiger partial charge on any atom is -0.258 e. The Balaban J connectivity index is 0.00000106. The van der Waals surface area contributed by atoms with Crippen molar-refractivity contribution in [1.29, 1.82) is 0 Å². The van der Waals surface area contributed by atoms with E-state index in [9.17, 15) is 10.1 Å². The number of hydrogen-bond acceptors (Lipinski definition) is 2. The average Bonchev–Trinajstić information content (AvgIpc) is 2.18. The van der Waals surface area contributed by atoms with Gasteiger partial charge >= 0.3 is 0 Å². The Bertz CT molecular complexity index is 370. The van der Waals surface area contributed by atoms with Crippen LogP contribution in [0.1, 0.15) is 40.2 Å². The van der Waals surface area contributed by atoms with E-state index in [2.05, 4.69) is 0 Å². The van der Waals surface area contributed by atoms with E-state index in [0.717, 1.165) is 5.56 Å². The lowest BCUT2D eigenvalue weighted by Crippen LogP contribution is -2.11. The van der Waals surface area contributed by atoms with Gasteiger partial charge in [0.05, 0.1) is 9.95 Å². The van der Waals surface area contributed by atoms with E-state index < -0.39 is 4.92 Å². The predicted octanol–water partition coefficient (Wildman–Crippen LogP) is 4.57. The second-order valence-electron chi connectivity index (χ2n) is 4.17. The van der Waals surface area contributed by atoms with E-state index in [1.165, 1.54) is 12.1 Å². The molecule has 0 heterocycles. The fraction of sp³-hybridized carbons (Fsp3) is 0.500. The molecule has 0 aliphatic rings. The number of halogens is 1. The summed E-state index contributed by atoms with van der Waals surface area (Å²) >= 11 is 5.95. The Morgan fingerprint density at radius 3 is 2.06 bits per heavy atom. The van der Waals surface area contributed by atoms with Crippen LogP contribution in [0.2, 0.25) is 5.02 Å². The molecule has 0 N–H and O–H groups in total. The van der Waals surface area contributed by atoms with Crippen molar-refractivity contribution < 1.29 is 4.92 Å². The maximum atomic E-state index is 10.5. The lowest BCUT2D eigenvalue weighted by atomic mass is 9.87. The summed E-state index contributed by atoms with van der Waals surface area (Å²) in [5.41, 5.74) is 0.861. The first-order chi connectivity index (χ1) is 7.32. The number of non-ortho nitro benzene ring substituents is 1. The first-order valence-electron chi connectivity index (χ1n) is 5.27. The minimum atomic E-state index is -0.446. The number of benzene rings is 1. The van der Waals surface area contributed by atoms with Crippen molar-refractivity contribution in [3.63, 3.8) is 0 Å². The first kappa shape index (κ1) is 14.9. The molecule has 3 nitrogen and oxygen atoms in total. The molecule has 1 aromatic rings. The van der Waals surface area contributed by atoms with Gasteiger partial charge in [-0.2, -0.15) is 0 Å². The zero-order valence-electron chi connectivity index (χ0n) is 10.4. The number of nitrogens with zero attached hydrogens (tertiary/aromatic N) is 1. The van der Waals surface area contributed by atoms with Gasteiger partial charge in [-0.1, -0.05) is 52.3 Å². The van der Waals surface area contributed by atoms with Crippen molar-refractivity contribution in [2.45, 2.75) is 40.0 Å². The van der Waals surface area contributed by atoms with Crippen LogP contribution in [0.5, 0.6) is 0 Å². The van der Waals surface area contributed by atoms with Gasteiger partial charge in [0.15, 0.2) is 0 Å². The SMILES string of the molecule is CC.CC(C)(C)c1ccc([N+](=O)[O-])cc1Cl. The third-order valence-corrected chi connectivity index (χ3v) is 2.28. The molecule has 1 rings (SSSR count). The number of rotatable bonds is 1. The van der Waals surface area contributed by atoms with Crippen LogP contribution in [0.15, 0.2) is 18.2 Å². The monoisotopic (exact) mass is 243 g/mol. The molecule has 0 aliphatic carbocycles. The number of nitro benzene ring substituents is 1. The van der Waals surface area contributed by atoms with E-state index in [1.54, 1.807) is 6.07 Å². The van der Waals surface area contributed by atoms with Crippen molar-refractivity contribution in [1.82, 2.24) is 0 Å². The summed E-state index contributed by atoms with van der Waals surface area (Å²) in [5, 5.41) is 10.9. The molecule has 90 valence electrons. The predicted molar refractivity (Wildman–Crippen MR) is 68.2 cm³/mol. The van der Waals surface area contributed by atoms with Crippen LogP contribution in [0.25, 0.3) is 0 Å². The highest BCUT2D eigenvalue weighted by Gasteiger charge is 2.19. The molecular formula is C12H18ClNO2. The number of nitro groups is 1. The summed E-state index contributed by atoms with van der Waals surface area (Å²) in [6, 6.07) is 4.58. The maximum Gasteiger partial charge on any atom is 0.270 e. The van der Waals surface area contributed by atoms with Crippen LogP contribution in [0, 0.1) is 10.1 Å². The summed E-state index contributed by atoms with van der Waals surface area (Å²) in [6.07, 6.45) is 0. The zero-order valence-corrected chi connectivity index (χ0v) is 11.1.